The lowest BCUT2D eigenvalue weighted by Gasteiger charge is -2.09. The van der Waals surface area contributed by atoms with Gasteiger partial charge in [-0.15, -0.1) is 0 Å². The van der Waals surface area contributed by atoms with Crippen molar-refractivity contribution in [1.29, 1.82) is 0 Å². The van der Waals surface area contributed by atoms with Crippen molar-refractivity contribution in [3.8, 4) is 5.69 Å². The van der Waals surface area contributed by atoms with E-state index in [1.165, 1.54) is 10.7 Å². The molecule has 2 aromatic rings. The van der Waals surface area contributed by atoms with E-state index in [1.807, 2.05) is 13.8 Å². The Morgan fingerprint density at radius 1 is 1.47 bits per heavy atom. The molecule has 0 saturated carbocycles. The minimum absolute atomic E-state index is 0.144. The molecule has 1 heterocycles. The predicted octanol–water partition coefficient (Wildman–Crippen LogP) is 2.99. The number of aromatic nitrogens is 2. The minimum Gasteiger partial charge on any atom is -0.324 e. The topological polar surface area (TPSA) is 43.8 Å². The number of halogens is 2. The van der Waals surface area contributed by atoms with E-state index in [2.05, 4.69) is 5.10 Å². The second kappa shape index (κ2) is 4.47. The van der Waals surface area contributed by atoms with Crippen LogP contribution in [-0.4, -0.2) is 9.78 Å². The molecule has 2 rings (SSSR count). The first-order chi connectivity index (χ1) is 8.02. The summed E-state index contributed by atoms with van der Waals surface area (Å²) in [7, 11) is 0. The fraction of sp³-hybridized carbons (Fsp3) is 0.250. The largest absolute Gasteiger partial charge is 0.324 e. The number of nitrogens with two attached hydrogens (primary N) is 1. The van der Waals surface area contributed by atoms with Crippen molar-refractivity contribution >= 4 is 11.6 Å². The van der Waals surface area contributed by atoms with E-state index in [0.717, 1.165) is 11.3 Å². The summed E-state index contributed by atoms with van der Waals surface area (Å²) in [6.07, 6.45) is 1.64. The number of hydrogen-bond acceptors (Lipinski definition) is 2. The van der Waals surface area contributed by atoms with Gasteiger partial charge in [-0.05, 0) is 26.0 Å². The number of para-hydroxylation sites is 1. The first kappa shape index (κ1) is 12.1. The molecule has 0 radical (unpaired) electrons. The van der Waals surface area contributed by atoms with E-state index in [4.69, 9.17) is 17.3 Å². The summed E-state index contributed by atoms with van der Waals surface area (Å²) in [5.41, 5.74) is 7.74. The molecular weight excluding hydrogens is 241 g/mol. The summed E-state index contributed by atoms with van der Waals surface area (Å²) in [4.78, 5) is 0. The molecule has 2 N–H and O–H groups in total. The molecule has 17 heavy (non-hydrogen) atoms. The van der Waals surface area contributed by atoms with Crippen molar-refractivity contribution in [2.75, 3.05) is 0 Å². The van der Waals surface area contributed by atoms with Gasteiger partial charge in [0.15, 0.2) is 0 Å². The van der Waals surface area contributed by atoms with Gasteiger partial charge < -0.3 is 5.73 Å². The fourth-order valence-corrected chi connectivity index (χ4v) is 2.03. The molecule has 1 aromatic heterocycles. The molecule has 0 bridgehead atoms. The van der Waals surface area contributed by atoms with Crippen LogP contribution < -0.4 is 5.73 Å². The van der Waals surface area contributed by atoms with Gasteiger partial charge >= 0.3 is 0 Å². The summed E-state index contributed by atoms with van der Waals surface area (Å²) >= 11 is 5.99. The Kier molecular flexibility index (Phi) is 3.17. The quantitative estimate of drug-likeness (QED) is 0.894. The zero-order chi connectivity index (χ0) is 12.6. The maximum absolute atomic E-state index is 13.7. The van der Waals surface area contributed by atoms with Crippen LogP contribution in [0.1, 0.15) is 24.2 Å². The molecule has 5 heteroatoms. The van der Waals surface area contributed by atoms with Crippen LogP contribution in [-0.2, 0) is 0 Å². The Hall–Kier alpha value is -1.39. The summed E-state index contributed by atoms with van der Waals surface area (Å²) in [5, 5.41) is 4.47. The van der Waals surface area contributed by atoms with Gasteiger partial charge in [0.25, 0.3) is 0 Å². The summed E-state index contributed by atoms with van der Waals surface area (Å²) < 4.78 is 15.2. The van der Waals surface area contributed by atoms with Crippen molar-refractivity contribution in [3.05, 3.63) is 46.5 Å². The van der Waals surface area contributed by atoms with E-state index in [-0.39, 0.29) is 11.7 Å². The van der Waals surface area contributed by atoms with Gasteiger partial charge in [-0.1, -0.05) is 17.7 Å². The maximum atomic E-state index is 13.7. The first-order valence-corrected chi connectivity index (χ1v) is 5.64. The first-order valence-electron chi connectivity index (χ1n) is 5.27. The van der Waals surface area contributed by atoms with E-state index in [0.29, 0.717) is 5.02 Å². The van der Waals surface area contributed by atoms with Gasteiger partial charge in [0.1, 0.15) is 11.5 Å². The highest BCUT2D eigenvalue weighted by Crippen LogP contribution is 2.26. The van der Waals surface area contributed by atoms with Crippen LogP contribution in [0, 0.1) is 12.7 Å². The van der Waals surface area contributed by atoms with Gasteiger partial charge in [-0.3, -0.25) is 0 Å². The van der Waals surface area contributed by atoms with Crippen LogP contribution in [0.2, 0.25) is 5.02 Å². The normalized spacial score (nSPS) is 12.8. The lowest BCUT2D eigenvalue weighted by molar-refractivity contribution is 0.608. The molecule has 90 valence electrons. The Labute approximate surface area is 104 Å². The van der Waals surface area contributed by atoms with Gasteiger partial charge in [0, 0.05) is 17.3 Å². The Balaban J connectivity index is 2.62. The molecular formula is C12H13ClFN3. The molecule has 1 atom stereocenters. The van der Waals surface area contributed by atoms with E-state index >= 15 is 0 Å². The minimum atomic E-state index is -0.403. The highest BCUT2D eigenvalue weighted by atomic mass is 35.5. The molecule has 0 saturated heterocycles. The molecule has 1 aromatic carbocycles. The van der Waals surface area contributed by atoms with Gasteiger partial charge in [0.2, 0.25) is 0 Å². The zero-order valence-electron chi connectivity index (χ0n) is 9.61. The monoisotopic (exact) mass is 253 g/mol. The van der Waals surface area contributed by atoms with Crippen molar-refractivity contribution in [2.24, 2.45) is 5.73 Å². The number of rotatable bonds is 2. The van der Waals surface area contributed by atoms with E-state index < -0.39 is 5.82 Å². The van der Waals surface area contributed by atoms with Gasteiger partial charge in [-0.25, -0.2) is 9.07 Å². The van der Waals surface area contributed by atoms with Crippen LogP contribution >= 0.6 is 11.6 Å². The summed E-state index contributed by atoms with van der Waals surface area (Å²) in [6.45, 7) is 3.70. The van der Waals surface area contributed by atoms with Crippen molar-refractivity contribution in [3.63, 3.8) is 0 Å². The van der Waals surface area contributed by atoms with E-state index in [1.54, 1.807) is 18.3 Å². The average molecular weight is 254 g/mol. The molecule has 0 spiro atoms. The molecule has 0 fully saturated rings. The van der Waals surface area contributed by atoms with Crippen LogP contribution in [0.3, 0.4) is 0 Å². The number of hydrogen-bond donors (Lipinski definition) is 1. The van der Waals surface area contributed by atoms with Crippen molar-refractivity contribution < 1.29 is 4.39 Å². The second-order valence-corrected chi connectivity index (χ2v) is 4.36. The SMILES string of the molecule is Cc1c(C(C)N)cnn1-c1c(F)cccc1Cl. The van der Waals surface area contributed by atoms with Gasteiger partial charge in [0.05, 0.1) is 11.2 Å². The molecule has 0 aliphatic rings. The molecule has 0 amide bonds. The van der Waals surface area contributed by atoms with Gasteiger partial charge in [-0.2, -0.15) is 5.10 Å². The Bertz CT molecular complexity index is 528. The fourth-order valence-electron chi connectivity index (χ4n) is 1.79. The highest BCUT2D eigenvalue weighted by molar-refractivity contribution is 6.32. The second-order valence-electron chi connectivity index (χ2n) is 3.96. The molecule has 0 aliphatic heterocycles. The lowest BCUT2D eigenvalue weighted by Crippen LogP contribution is -2.08. The summed E-state index contributed by atoms with van der Waals surface area (Å²) in [5.74, 6) is -0.403. The molecule has 1 unspecified atom stereocenters. The Morgan fingerprint density at radius 3 is 2.71 bits per heavy atom. The number of benzene rings is 1. The Morgan fingerprint density at radius 2 is 2.18 bits per heavy atom. The zero-order valence-corrected chi connectivity index (χ0v) is 10.4. The van der Waals surface area contributed by atoms with Crippen LogP contribution in [0.15, 0.2) is 24.4 Å². The van der Waals surface area contributed by atoms with Crippen molar-refractivity contribution in [1.82, 2.24) is 9.78 Å². The summed E-state index contributed by atoms with van der Waals surface area (Å²) in [6, 6.07) is 4.40. The smallest absolute Gasteiger partial charge is 0.150 e. The molecule has 3 nitrogen and oxygen atoms in total. The average Bonchev–Trinajstić information content (AvgIpc) is 2.61. The highest BCUT2D eigenvalue weighted by Gasteiger charge is 2.16. The number of nitrogens with zero attached hydrogens (tertiary/aromatic N) is 2. The third kappa shape index (κ3) is 2.06. The van der Waals surface area contributed by atoms with Crippen LogP contribution in [0.25, 0.3) is 5.69 Å². The van der Waals surface area contributed by atoms with E-state index in [9.17, 15) is 4.39 Å². The van der Waals surface area contributed by atoms with Crippen LogP contribution in [0.4, 0.5) is 4.39 Å². The lowest BCUT2D eigenvalue weighted by atomic mass is 10.1. The standard InChI is InChI=1S/C12H13ClFN3/c1-7(15)9-6-16-17(8(9)2)12-10(13)4-3-5-11(12)14/h3-7H,15H2,1-2H3. The third-order valence-electron chi connectivity index (χ3n) is 2.69. The third-order valence-corrected chi connectivity index (χ3v) is 2.99. The predicted molar refractivity (Wildman–Crippen MR) is 65.9 cm³/mol. The maximum Gasteiger partial charge on any atom is 0.150 e. The van der Waals surface area contributed by atoms with Crippen molar-refractivity contribution in [2.45, 2.75) is 19.9 Å². The molecule has 0 aliphatic carbocycles. The van der Waals surface area contributed by atoms with Crippen LogP contribution in [0.5, 0.6) is 0 Å².